The van der Waals surface area contributed by atoms with Gasteiger partial charge in [0.05, 0.1) is 23.3 Å². The quantitative estimate of drug-likeness (QED) is 0.428. The Bertz CT molecular complexity index is 827. The molecule has 0 aliphatic carbocycles. The van der Waals surface area contributed by atoms with Gasteiger partial charge in [0, 0.05) is 33.2 Å². The van der Waals surface area contributed by atoms with Gasteiger partial charge in [-0.2, -0.15) is 0 Å². The molecule has 2 heterocycles. The second-order valence-electron chi connectivity index (χ2n) is 6.39. The van der Waals surface area contributed by atoms with Crippen molar-refractivity contribution in [2.45, 2.75) is 32.8 Å². The molecule has 0 N–H and O–H groups in total. The standard InChI is InChI=1S/C22H27NO4S/c1-4-25-20(12-13-24-3)17-7-9-18(10-8-17)26-14-11-19-16(2)27-22(23-19)21-6-5-15-28-21/h5-10,15,20H,4,11-14H2,1-3H3. The van der Waals surface area contributed by atoms with Crippen molar-refractivity contribution in [3.8, 4) is 16.5 Å². The maximum Gasteiger partial charge on any atom is 0.236 e. The third-order valence-corrected chi connectivity index (χ3v) is 5.29. The van der Waals surface area contributed by atoms with Gasteiger partial charge in [0.2, 0.25) is 5.89 Å². The molecule has 0 aliphatic rings. The first-order chi connectivity index (χ1) is 13.7. The first-order valence-electron chi connectivity index (χ1n) is 9.54. The van der Waals surface area contributed by atoms with E-state index in [4.69, 9.17) is 18.6 Å². The van der Waals surface area contributed by atoms with Crippen molar-refractivity contribution >= 4 is 11.3 Å². The van der Waals surface area contributed by atoms with Crippen molar-refractivity contribution in [3.63, 3.8) is 0 Å². The fourth-order valence-corrected chi connectivity index (χ4v) is 3.63. The van der Waals surface area contributed by atoms with Crippen LogP contribution >= 0.6 is 11.3 Å². The van der Waals surface area contributed by atoms with E-state index >= 15 is 0 Å². The number of thiophene rings is 1. The number of benzene rings is 1. The van der Waals surface area contributed by atoms with Crippen LogP contribution < -0.4 is 4.74 Å². The number of aryl methyl sites for hydroxylation is 1. The lowest BCUT2D eigenvalue weighted by Crippen LogP contribution is -2.08. The van der Waals surface area contributed by atoms with Gasteiger partial charge < -0.3 is 18.6 Å². The highest BCUT2D eigenvalue weighted by molar-refractivity contribution is 7.13. The van der Waals surface area contributed by atoms with E-state index in [9.17, 15) is 0 Å². The highest BCUT2D eigenvalue weighted by atomic mass is 32.1. The molecule has 0 saturated carbocycles. The van der Waals surface area contributed by atoms with Crippen molar-refractivity contribution in [2.75, 3.05) is 26.9 Å². The summed E-state index contributed by atoms with van der Waals surface area (Å²) < 4.78 is 22.7. The topological polar surface area (TPSA) is 53.7 Å². The molecular formula is C22H27NO4S. The summed E-state index contributed by atoms with van der Waals surface area (Å²) in [6, 6.07) is 12.1. The van der Waals surface area contributed by atoms with E-state index in [1.54, 1.807) is 18.4 Å². The van der Waals surface area contributed by atoms with E-state index in [1.165, 1.54) is 0 Å². The maximum absolute atomic E-state index is 5.90. The zero-order valence-corrected chi connectivity index (χ0v) is 17.5. The average molecular weight is 402 g/mol. The van der Waals surface area contributed by atoms with E-state index < -0.39 is 0 Å². The summed E-state index contributed by atoms with van der Waals surface area (Å²) in [7, 11) is 1.71. The van der Waals surface area contributed by atoms with Crippen LogP contribution in [0.4, 0.5) is 0 Å². The van der Waals surface area contributed by atoms with Gasteiger partial charge in [-0.15, -0.1) is 11.3 Å². The van der Waals surface area contributed by atoms with Crippen LogP contribution in [0.25, 0.3) is 10.8 Å². The number of oxazole rings is 1. The Labute approximate surface area is 170 Å². The van der Waals surface area contributed by atoms with Crippen LogP contribution in [0.3, 0.4) is 0 Å². The van der Waals surface area contributed by atoms with Crippen LogP contribution in [0.2, 0.25) is 0 Å². The lowest BCUT2D eigenvalue weighted by Gasteiger charge is -2.17. The SMILES string of the molecule is CCOC(CCOC)c1ccc(OCCc2nc(-c3cccs3)oc2C)cc1. The van der Waals surface area contributed by atoms with Gasteiger partial charge in [-0.3, -0.25) is 0 Å². The van der Waals surface area contributed by atoms with Gasteiger partial charge in [-0.1, -0.05) is 18.2 Å². The number of ether oxygens (including phenoxy) is 3. The number of hydrogen-bond donors (Lipinski definition) is 0. The second kappa shape index (κ2) is 10.4. The monoisotopic (exact) mass is 401 g/mol. The van der Waals surface area contributed by atoms with Crippen LogP contribution in [0.15, 0.2) is 46.2 Å². The molecule has 1 unspecified atom stereocenters. The van der Waals surface area contributed by atoms with Gasteiger partial charge in [-0.05, 0) is 43.0 Å². The van der Waals surface area contributed by atoms with Gasteiger partial charge >= 0.3 is 0 Å². The maximum atomic E-state index is 5.90. The Balaban J connectivity index is 1.54. The van der Waals surface area contributed by atoms with Crippen molar-refractivity contribution < 1.29 is 18.6 Å². The Morgan fingerprint density at radius 1 is 1.14 bits per heavy atom. The summed E-state index contributed by atoms with van der Waals surface area (Å²) in [5.74, 6) is 2.37. The summed E-state index contributed by atoms with van der Waals surface area (Å²) in [5.41, 5.74) is 2.08. The molecule has 3 rings (SSSR count). The van der Waals surface area contributed by atoms with Gasteiger partial charge in [0.1, 0.15) is 11.5 Å². The zero-order chi connectivity index (χ0) is 19.8. The molecule has 0 bridgehead atoms. The molecule has 28 heavy (non-hydrogen) atoms. The second-order valence-corrected chi connectivity index (χ2v) is 7.34. The van der Waals surface area contributed by atoms with Gasteiger partial charge in [-0.25, -0.2) is 4.98 Å². The first kappa shape index (κ1) is 20.6. The van der Waals surface area contributed by atoms with E-state index in [2.05, 4.69) is 17.1 Å². The van der Waals surface area contributed by atoms with E-state index in [0.29, 0.717) is 32.1 Å². The largest absolute Gasteiger partial charge is 0.493 e. The van der Waals surface area contributed by atoms with Gasteiger partial charge in [0.25, 0.3) is 0 Å². The first-order valence-corrected chi connectivity index (χ1v) is 10.4. The minimum absolute atomic E-state index is 0.0486. The minimum atomic E-state index is 0.0486. The Hall–Kier alpha value is -2.15. The lowest BCUT2D eigenvalue weighted by atomic mass is 10.1. The summed E-state index contributed by atoms with van der Waals surface area (Å²) in [6.07, 6.45) is 1.59. The Kier molecular flexibility index (Phi) is 7.65. The molecular weight excluding hydrogens is 374 g/mol. The highest BCUT2D eigenvalue weighted by Crippen LogP contribution is 2.27. The average Bonchev–Trinajstić information content (AvgIpc) is 3.36. The fraction of sp³-hybridized carbons (Fsp3) is 0.409. The van der Waals surface area contributed by atoms with E-state index in [-0.39, 0.29) is 6.10 Å². The summed E-state index contributed by atoms with van der Waals surface area (Å²) in [4.78, 5) is 5.65. The summed E-state index contributed by atoms with van der Waals surface area (Å²) in [6.45, 7) is 5.86. The third kappa shape index (κ3) is 5.44. The molecule has 3 aromatic rings. The molecule has 6 heteroatoms. The molecule has 0 aliphatic heterocycles. The van der Waals surface area contributed by atoms with E-state index in [0.717, 1.165) is 34.1 Å². The number of hydrogen-bond acceptors (Lipinski definition) is 6. The fourth-order valence-electron chi connectivity index (χ4n) is 2.98. The predicted molar refractivity (Wildman–Crippen MR) is 111 cm³/mol. The van der Waals surface area contributed by atoms with Crippen LogP contribution in [0, 0.1) is 6.92 Å². The molecule has 0 radical (unpaired) electrons. The molecule has 0 fully saturated rings. The molecule has 0 spiro atoms. The van der Waals surface area contributed by atoms with Crippen molar-refractivity contribution in [1.82, 2.24) is 4.98 Å². The van der Waals surface area contributed by atoms with Gasteiger partial charge in [0.15, 0.2) is 0 Å². The van der Waals surface area contributed by atoms with Crippen molar-refractivity contribution in [1.29, 1.82) is 0 Å². The molecule has 0 saturated heterocycles. The minimum Gasteiger partial charge on any atom is -0.493 e. The zero-order valence-electron chi connectivity index (χ0n) is 16.6. The molecule has 1 atom stereocenters. The molecule has 5 nitrogen and oxygen atoms in total. The normalized spacial score (nSPS) is 12.2. The molecule has 150 valence electrons. The molecule has 1 aromatic carbocycles. The van der Waals surface area contributed by atoms with Crippen molar-refractivity contribution in [3.05, 3.63) is 58.8 Å². The Morgan fingerprint density at radius 2 is 1.96 bits per heavy atom. The number of methoxy groups -OCH3 is 1. The molecule has 2 aromatic heterocycles. The number of aromatic nitrogens is 1. The summed E-state index contributed by atoms with van der Waals surface area (Å²) in [5, 5.41) is 2.02. The highest BCUT2D eigenvalue weighted by Gasteiger charge is 2.13. The number of rotatable bonds is 11. The van der Waals surface area contributed by atoms with Crippen LogP contribution in [0.1, 0.15) is 36.5 Å². The molecule has 0 amide bonds. The lowest BCUT2D eigenvalue weighted by molar-refractivity contribution is 0.0359. The third-order valence-electron chi connectivity index (χ3n) is 4.44. The Morgan fingerprint density at radius 3 is 2.64 bits per heavy atom. The number of nitrogens with zero attached hydrogens (tertiary/aromatic N) is 1. The smallest absolute Gasteiger partial charge is 0.236 e. The van der Waals surface area contributed by atoms with Crippen LogP contribution in [-0.4, -0.2) is 31.9 Å². The van der Waals surface area contributed by atoms with E-state index in [1.807, 2.05) is 43.5 Å². The summed E-state index contributed by atoms with van der Waals surface area (Å²) >= 11 is 1.62. The van der Waals surface area contributed by atoms with Crippen LogP contribution in [0.5, 0.6) is 5.75 Å². The predicted octanol–water partition coefficient (Wildman–Crippen LogP) is 5.45. The van der Waals surface area contributed by atoms with Crippen LogP contribution in [-0.2, 0) is 15.9 Å². The van der Waals surface area contributed by atoms with Crippen molar-refractivity contribution in [2.24, 2.45) is 0 Å².